The Kier molecular flexibility index (Phi) is 7.33. The van der Waals surface area contributed by atoms with Crippen LogP contribution in [0.1, 0.15) is 47.3 Å². The third-order valence-electron chi connectivity index (χ3n) is 6.80. The van der Waals surface area contributed by atoms with Crippen molar-refractivity contribution in [1.29, 1.82) is 0 Å². The smallest absolute Gasteiger partial charge is 0.266 e. The van der Waals surface area contributed by atoms with Gasteiger partial charge in [0.15, 0.2) is 0 Å². The molecule has 1 saturated carbocycles. The molecule has 0 aliphatic heterocycles. The molecule has 5 rings (SSSR count). The van der Waals surface area contributed by atoms with Crippen LogP contribution >= 0.6 is 34.5 Å². The van der Waals surface area contributed by atoms with Crippen molar-refractivity contribution in [3.05, 3.63) is 87.2 Å². The van der Waals surface area contributed by atoms with Crippen LogP contribution in [0.25, 0.3) is 21.2 Å². The van der Waals surface area contributed by atoms with Gasteiger partial charge < -0.3 is 9.64 Å². The average molecular weight is 525 g/mol. The maximum absolute atomic E-state index is 14.0. The van der Waals surface area contributed by atoms with E-state index in [1.165, 1.54) is 17.8 Å². The number of methoxy groups -OCH3 is 1. The van der Waals surface area contributed by atoms with E-state index in [9.17, 15) is 4.79 Å². The van der Waals surface area contributed by atoms with Crippen molar-refractivity contribution in [2.45, 2.75) is 44.7 Å². The second kappa shape index (κ2) is 10.6. The van der Waals surface area contributed by atoms with Crippen molar-refractivity contribution in [1.82, 2.24) is 4.90 Å². The van der Waals surface area contributed by atoms with Crippen LogP contribution in [0.5, 0.6) is 5.75 Å². The molecular weight excluding hydrogens is 497 g/mol. The van der Waals surface area contributed by atoms with Crippen molar-refractivity contribution in [2.75, 3.05) is 7.11 Å². The molecule has 0 atom stereocenters. The quantitative estimate of drug-likeness (QED) is 0.252. The zero-order valence-electron chi connectivity index (χ0n) is 19.6. The van der Waals surface area contributed by atoms with Crippen molar-refractivity contribution >= 4 is 50.5 Å². The van der Waals surface area contributed by atoms with Gasteiger partial charge >= 0.3 is 0 Å². The Bertz CT molecular complexity index is 1340. The molecule has 4 aromatic rings. The van der Waals surface area contributed by atoms with Gasteiger partial charge in [-0.05, 0) is 54.3 Å². The van der Waals surface area contributed by atoms with Gasteiger partial charge in [-0.25, -0.2) is 0 Å². The average Bonchev–Trinajstić information content (AvgIpc) is 3.24. The zero-order chi connectivity index (χ0) is 24.4. The molecule has 3 nitrogen and oxygen atoms in total. The third-order valence-corrected chi connectivity index (χ3v) is 8.72. The summed E-state index contributed by atoms with van der Waals surface area (Å²) in [4.78, 5) is 16.7. The first kappa shape index (κ1) is 24.2. The Morgan fingerprint density at radius 3 is 2.40 bits per heavy atom. The second-order valence-electron chi connectivity index (χ2n) is 9.00. The fraction of sp³-hybridized carbons (Fsp3) is 0.276. The van der Waals surface area contributed by atoms with Crippen molar-refractivity contribution < 1.29 is 9.53 Å². The molecule has 0 radical (unpaired) electrons. The molecule has 35 heavy (non-hydrogen) atoms. The van der Waals surface area contributed by atoms with E-state index in [1.807, 2.05) is 65.6 Å². The predicted octanol–water partition coefficient (Wildman–Crippen LogP) is 8.86. The maximum Gasteiger partial charge on any atom is 0.266 e. The lowest BCUT2D eigenvalue weighted by Gasteiger charge is -2.34. The summed E-state index contributed by atoms with van der Waals surface area (Å²) in [5, 5.41) is 2.20. The van der Waals surface area contributed by atoms with Crippen molar-refractivity contribution in [3.8, 4) is 16.9 Å². The fourth-order valence-corrected chi connectivity index (χ4v) is 6.54. The highest BCUT2D eigenvalue weighted by Gasteiger charge is 2.30. The molecule has 180 valence electrons. The third kappa shape index (κ3) is 5.06. The molecule has 0 N–H and O–H groups in total. The lowest BCUT2D eigenvalue weighted by Crippen LogP contribution is -2.40. The summed E-state index contributed by atoms with van der Waals surface area (Å²) in [6.07, 6.45) is 5.51. The van der Waals surface area contributed by atoms with E-state index in [1.54, 1.807) is 7.11 Å². The summed E-state index contributed by atoms with van der Waals surface area (Å²) in [5.74, 6) is 0.779. The highest BCUT2D eigenvalue weighted by molar-refractivity contribution is 7.21. The number of carbonyl (C=O) groups excluding carboxylic acids is 1. The number of carbonyl (C=O) groups is 1. The minimum atomic E-state index is 0.00190. The Morgan fingerprint density at radius 1 is 0.971 bits per heavy atom. The minimum Gasteiger partial charge on any atom is -0.496 e. The van der Waals surface area contributed by atoms with E-state index in [0.29, 0.717) is 21.5 Å². The molecular formula is C29H27Cl2NO2S. The van der Waals surface area contributed by atoms with Crippen molar-refractivity contribution in [3.63, 3.8) is 0 Å². The molecule has 1 aromatic heterocycles. The summed E-state index contributed by atoms with van der Waals surface area (Å²) in [5.41, 5.74) is 3.12. The van der Waals surface area contributed by atoms with E-state index in [0.717, 1.165) is 58.2 Å². The van der Waals surface area contributed by atoms with Gasteiger partial charge in [0.2, 0.25) is 0 Å². The molecule has 0 saturated heterocycles. The second-order valence-corrected chi connectivity index (χ2v) is 10.9. The molecule has 0 unspecified atom stereocenters. The summed E-state index contributed by atoms with van der Waals surface area (Å²) >= 11 is 14.3. The number of nitrogens with zero attached hydrogens (tertiary/aromatic N) is 1. The lowest BCUT2D eigenvalue weighted by molar-refractivity contribution is 0.0618. The SMILES string of the molecule is COc1ccc(-c2ccc(Cl)cc2)cc1CN(C(=O)c1sc2ccccc2c1Cl)C1CCCCC1. The van der Waals surface area contributed by atoms with Gasteiger partial charge in [0.25, 0.3) is 5.91 Å². The summed E-state index contributed by atoms with van der Waals surface area (Å²) in [6.45, 7) is 0.471. The number of hydrogen-bond acceptors (Lipinski definition) is 3. The van der Waals surface area contributed by atoms with Crippen LogP contribution in [-0.4, -0.2) is 24.0 Å². The highest BCUT2D eigenvalue weighted by atomic mass is 35.5. The molecule has 6 heteroatoms. The molecule has 0 bridgehead atoms. The van der Waals surface area contributed by atoms with Crippen molar-refractivity contribution in [2.24, 2.45) is 0 Å². The number of amides is 1. The first-order chi connectivity index (χ1) is 17.0. The van der Waals surface area contributed by atoms with E-state index in [4.69, 9.17) is 27.9 Å². The Hall–Kier alpha value is -2.53. The summed E-state index contributed by atoms with van der Waals surface area (Å²) < 4.78 is 6.75. The van der Waals surface area contributed by atoms with Crippen LogP contribution in [0, 0.1) is 0 Å². The van der Waals surface area contributed by atoms with Crippen LogP contribution in [0.4, 0.5) is 0 Å². The normalized spacial score (nSPS) is 14.3. The number of hydrogen-bond donors (Lipinski definition) is 0. The number of ether oxygens (including phenoxy) is 1. The fourth-order valence-electron chi connectivity index (χ4n) is 4.95. The van der Waals surface area contributed by atoms with Gasteiger partial charge in [0.05, 0.1) is 12.1 Å². The molecule has 1 amide bonds. The number of rotatable bonds is 6. The molecule has 3 aromatic carbocycles. The van der Waals surface area contributed by atoms with Crippen LogP contribution in [0.3, 0.4) is 0 Å². The number of benzene rings is 3. The molecule has 1 fully saturated rings. The van der Waals surface area contributed by atoms with Crippen LogP contribution in [-0.2, 0) is 6.54 Å². The Labute approximate surface area is 220 Å². The van der Waals surface area contributed by atoms with Gasteiger partial charge in [-0.1, -0.05) is 78.9 Å². The largest absolute Gasteiger partial charge is 0.496 e. The minimum absolute atomic E-state index is 0.00190. The van der Waals surface area contributed by atoms with Crippen LogP contribution < -0.4 is 4.74 Å². The summed E-state index contributed by atoms with van der Waals surface area (Å²) in [6, 6.07) is 22.1. The monoisotopic (exact) mass is 523 g/mol. The molecule has 1 aliphatic rings. The van der Waals surface area contributed by atoms with Gasteiger partial charge in [-0.3, -0.25) is 4.79 Å². The Balaban J connectivity index is 1.53. The van der Waals surface area contributed by atoms with Gasteiger partial charge in [0, 0.05) is 33.3 Å². The molecule has 1 heterocycles. The maximum atomic E-state index is 14.0. The van der Waals surface area contributed by atoms with Gasteiger partial charge in [0.1, 0.15) is 10.6 Å². The Morgan fingerprint density at radius 2 is 1.69 bits per heavy atom. The van der Waals surface area contributed by atoms with Gasteiger partial charge in [-0.2, -0.15) is 0 Å². The lowest BCUT2D eigenvalue weighted by atomic mass is 9.93. The van der Waals surface area contributed by atoms with E-state index in [2.05, 4.69) is 6.07 Å². The van der Waals surface area contributed by atoms with E-state index < -0.39 is 0 Å². The highest BCUT2D eigenvalue weighted by Crippen LogP contribution is 2.38. The van der Waals surface area contributed by atoms with Gasteiger partial charge in [-0.15, -0.1) is 11.3 Å². The predicted molar refractivity (Wildman–Crippen MR) is 147 cm³/mol. The van der Waals surface area contributed by atoms with E-state index >= 15 is 0 Å². The molecule has 0 spiro atoms. The number of thiophene rings is 1. The number of fused-ring (bicyclic) bond motifs is 1. The first-order valence-corrected chi connectivity index (χ1v) is 13.5. The first-order valence-electron chi connectivity index (χ1n) is 12.0. The standard InChI is InChI=1S/C29H27Cl2NO2S/c1-34-25-16-13-20(19-11-14-22(30)15-12-19)17-21(25)18-32(23-7-3-2-4-8-23)29(33)28-27(31)24-9-5-6-10-26(24)35-28/h5-6,9-17,23H,2-4,7-8,18H2,1H3. The number of halogens is 2. The van der Waals surface area contributed by atoms with Crippen LogP contribution in [0.15, 0.2) is 66.7 Å². The van der Waals surface area contributed by atoms with Crippen LogP contribution in [0.2, 0.25) is 10.0 Å². The topological polar surface area (TPSA) is 29.5 Å². The zero-order valence-corrected chi connectivity index (χ0v) is 21.9. The van der Waals surface area contributed by atoms with E-state index in [-0.39, 0.29) is 11.9 Å². The molecule has 1 aliphatic carbocycles. The summed E-state index contributed by atoms with van der Waals surface area (Å²) in [7, 11) is 1.68.